The maximum atomic E-state index is 12.4. The molecule has 1 amide bonds. The van der Waals surface area contributed by atoms with Gasteiger partial charge in [0.15, 0.2) is 0 Å². The summed E-state index contributed by atoms with van der Waals surface area (Å²) in [4.78, 5) is 14.4. The van der Waals surface area contributed by atoms with Gasteiger partial charge in [0.1, 0.15) is 0 Å². The molecule has 3 nitrogen and oxygen atoms in total. The van der Waals surface area contributed by atoms with E-state index in [9.17, 15) is 4.79 Å². The molecule has 0 radical (unpaired) electrons. The van der Waals surface area contributed by atoms with Crippen LogP contribution in [0.25, 0.3) is 0 Å². The fraction of sp³-hybridized carbons (Fsp3) is 0.611. The van der Waals surface area contributed by atoms with Gasteiger partial charge in [-0.2, -0.15) is 0 Å². The summed E-state index contributed by atoms with van der Waals surface area (Å²) in [5.74, 6) is 1.12. The lowest BCUT2D eigenvalue weighted by molar-refractivity contribution is -0.132. The topological polar surface area (TPSA) is 32.3 Å². The number of benzene rings is 1. The summed E-state index contributed by atoms with van der Waals surface area (Å²) in [7, 11) is 0. The molecule has 0 bridgehead atoms. The second kappa shape index (κ2) is 8.54. The summed E-state index contributed by atoms with van der Waals surface area (Å²) in [5.41, 5.74) is 2.61. The molecule has 0 aromatic heterocycles. The predicted molar refractivity (Wildman–Crippen MR) is 94.9 cm³/mol. The Morgan fingerprint density at radius 1 is 1.23 bits per heavy atom. The van der Waals surface area contributed by atoms with Crippen LogP contribution in [0.15, 0.2) is 24.3 Å². The molecule has 22 heavy (non-hydrogen) atoms. The Hall–Kier alpha value is -1.06. The van der Waals surface area contributed by atoms with Crippen LogP contribution in [0.5, 0.6) is 0 Å². The number of nitrogens with zero attached hydrogens (tertiary/aromatic N) is 1. The number of carbonyl (C=O) groups is 1. The second-order valence-electron chi connectivity index (χ2n) is 6.62. The van der Waals surface area contributed by atoms with Crippen molar-refractivity contribution in [2.75, 3.05) is 19.6 Å². The van der Waals surface area contributed by atoms with Gasteiger partial charge in [-0.05, 0) is 29.9 Å². The molecule has 1 aromatic rings. The fourth-order valence-corrected chi connectivity index (χ4v) is 2.88. The van der Waals surface area contributed by atoms with Gasteiger partial charge in [0, 0.05) is 32.1 Å². The van der Waals surface area contributed by atoms with Crippen LogP contribution in [-0.4, -0.2) is 36.5 Å². The Labute approximate surface area is 140 Å². The van der Waals surface area contributed by atoms with E-state index in [2.05, 4.69) is 57.3 Å². The van der Waals surface area contributed by atoms with Crippen LogP contribution in [-0.2, 0) is 4.79 Å². The highest BCUT2D eigenvalue weighted by atomic mass is 35.5. The fourth-order valence-electron chi connectivity index (χ4n) is 2.88. The first kappa shape index (κ1) is 19.0. The Balaban J connectivity index is 0.00000242. The third-order valence-electron chi connectivity index (χ3n) is 4.37. The average Bonchev–Trinajstić information content (AvgIpc) is 2.47. The molecule has 2 rings (SSSR count). The van der Waals surface area contributed by atoms with Gasteiger partial charge in [-0.15, -0.1) is 12.4 Å². The van der Waals surface area contributed by atoms with Gasteiger partial charge in [0.05, 0.1) is 0 Å². The largest absolute Gasteiger partial charge is 0.340 e. The van der Waals surface area contributed by atoms with E-state index in [-0.39, 0.29) is 24.2 Å². The SMILES string of the molecule is CC1CN(C(=O)CC(C)c2ccc(C(C)C)cc2)CCN1.Cl. The average molecular weight is 325 g/mol. The molecule has 1 heterocycles. The predicted octanol–water partition coefficient (Wildman–Crippen LogP) is 3.55. The molecule has 1 fully saturated rings. The van der Waals surface area contributed by atoms with Crippen LogP contribution in [0.2, 0.25) is 0 Å². The number of amides is 1. The van der Waals surface area contributed by atoms with Gasteiger partial charge in [-0.25, -0.2) is 0 Å². The number of carbonyl (C=O) groups excluding carboxylic acids is 1. The van der Waals surface area contributed by atoms with Crippen LogP contribution in [0.3, 0.4) is 0 Å². The van der Waals surface area contributed by atoms with Gasteiger partial charge in [0.25, 0.3) is 0 Å². The Morgan fingerprint density at radius 3 is 2.36 bits per heavy atom. The summed E-state index contributed by atoms with van der Waals surface area (Å²) >= 11 is 0. The molecule has 4 heteroatoms. The van der Waals surface area contributed by atoms with Crippen molar-refractivity contribution >= 4 is 18.3 Å². The van der Waals surface area contributed by atoms with Gasteiger partial charge in [-0.1, -0.05) is 45.0 Å². The summed E-state index contributed by atoms with van der Waals surface area (Å²) in [5, 5.41) is 3.37. The maximum absolute atomic E-state index is 12.4. The van der Waals surface area contributed by atoms with Crippen LogP contribution in [0.1, 0.15) is 57.1 Å². The van der Waals surface area contributed by atoms with Crippen molar-refractivity contribution in [3.8, 4) is 0 Å². The molecule has 1 aliphatic rings. The number of piperazine rings is 1. The minimum Gasteiger partial charge on any atom is -0.340 e. The third-order valence-corrected chi connectivity index (χ3v) is 4.37. The van der Waals surface area contributed by atoms with E-state index in [1.54, 1.807) is 0 Å². The van der Waals surface area contributed by atoms with Crippen LogP contribution >= 0.6 is 12.4 Å². The number of hydrogen-bond acceptors (Lipinski definition) is 2. The quantitative estimate of drug-likeness (QED) is 0.918. The zero-order chi connectivity index (χ0) is 15.4. The van der Waals surface area contributed by atoms with Crippen molar-refractivity contribution in [1.82, 2.24) is 10.2 Å². The highest BCUT2D eigenvalue weighted by Gasteiger charge is 2.22. The van der Waals surface area contributed by atoms with E-state index in [4.69, 9.17) is 0 Å². The Bertz CT molecular complexity index is 472. The van der Waals surface area contributed by atoms with Crippen LogP contribution in [0, 0.1) is 0 Å². The summed E-state index contributed by atoms with van der Waals surface area (Å²) in [6, 6.07) is 9.13. The van der Waals surface area contributed by atoms with Gasteiger partial charge in [-0.3, -0.25) is 4.79 Å². The van der Waals surface area contributed by atoms with Crippen molar-refractivity contribution in [3.63, 3.8) is 0 Å². The van der Waals surface area contributed by atoms with Crippen molar-refractivity contribution in [1.29, 1.82) is 0 Å². The number of hydrogen-bond donors (Lipinski definition) is 1. The molecule has 1 N–H and O–H groups in total. The Morgan fingerprint density at radius 2 is 1.82 bits per heavy atom. The highest BCUT2D eigenvalue weighted by Crippen LogP contribution is 2.23. The number of halogens is 1. The summed E-state index contributed by atoms with van der Waals surface area (Å²) < 4.78 is 0. The number of rotatable bonds is 4. The van der Waals surface area contributed by atoms with E-state index in [1.165, 1.54) is 11.1 Å². The van der Waals surface area contributed by atoms with Crippen molar-refractivity contribution in [2.45, 2.75) is 52.0 Å². The van der Waals surface area contributed by atoms with Gasteiger partial charge < -0.3 is 10.2 Å². The number of nitrogens with one attached hydrogen (secondary N) is 1. The minimum absolute atomic E-state index is 0. The zero-order valence-electron chi connectivity index (χ0n) is 14.1. The first-order chi connectivity index (χ1) is 9.97. The lowest BCUT2D eigenvalue weighted by Gasteiger charge is -2.32. The molecule has 0 spiro atoms. The lowest BCUT2D eigenvalue weighted by Crippen LogP contribution is -2.51. The van der Waals surface area contributed by atoms with E-state index < -0.39 is 0 Å². The maximum Gasteiger partial charge on any atom is 0.223 e. The molecule has 0 saturated carbocycles. The molecule has 2 atom stereocenters. The van der Waals surface area contributed by atoms with Crippen molar-refractivity contribution in [3.05, 3.63) is 35.4 Å². The standard InChI is InChI=1S/C18H28N2O.ClH/c1-13(2)16-5-7-17(8-6-16)14(3)11-18(21)20-10-9-19-15(4)12-20;/h5-8,13-15,19H,9-12H2,1-4H3;1H. The first-order valence-corrected chi connectivity index (χ1v) is 8.08. The highest BCUT2D eigenvalue weighted by molar-refractivity contribution is 5.85. The van der Waals surface area contributed by atoms with E-state index in [1.807, 2.05) is 4.90 Å². The lowest BCUT2D eigenvalue weighted by atomic mass is 9.94. The van der Waals surface area contributed by atoms with E-state index >= 15 is 0 Å². The van der Waals surface area contributed by atoms with Gasteiger partial charge in [0.2, 0.25) is 5.91 Å². The molecule has 1 aliphatic heterocycles. The smallest absolute Gasteiger partial charge is 0.223 e. The molecular formula is C18H29ClN2O. The Kier molecular flexibility index (Phi) is 7.37. The van der Waals surface area contributed by atoms with Crippen molar-refractivity contribution < 1.29 is 4.79 Å². The second-order valence-corrected chi connectivity index (χ2v) is 6.62. The summed E-state index contributed by atoms with van der Waals surface area (Å²) in [6.07, 6.45) is 0.605. The third kappa shape index (κ3) is 4.99. The van der Waals surface area contributed by atoms with E-state index in [0.29, 0.717) is 18.4 Å². The molecule has 0 aliphatic carbocycles. The summed E-state index contributed by atoms with van der Waals surface area (Å²) in [6.45, 7) is 11.3. The molecular weight excluding hydrogens is 296 g/mol. The van der Waals surface area contributed by atoms with Gasteiger partial charge >= 0.3 is 0 Å². The zero-order valence-corrected chi connectivity index (χ0v) is 15.0. The monoisotopic (exact) mass is 324 g/mol. The van der Waals surface area contributed by atoms with Crippen molar-refractivity contribution in [2.24, 2.45) is 0 Å². The normalized spacial score (nSPS) is 19.7. The molecule has 1 aromatic carbocycles. The minimum atomic E-state index is 0. The molecule has 1 saturated heterocycles. The van der Waals surface area contributed by atoms with Crippen LogP contribution in [0.4, 0.5) is 0 Å². The molecule has 124 valence electrons. The van der Waals surface area contributed by atoms with E-state index in [0.717, 1.165) is 19.6 Å². The molecule has 2 unspecified atom stereocenters. The van der Waals surface area contributed by atoms with Crippen LogP contribution < -0.4 is 5.32 Å². The first-order valence-electron chi connectivity index (χ1n) is 8.08.